The van der Waals surface area contributed by atoms with Gasteiger partial charge in [0.1, 0.15) is 16.2 Å². The van der Waals surface area contributed by atoms with Gasteiger partial charge in [-0.3, -0.25) is 0 Å². The molecule has 1 aromatic heterocycles. The lowest BCUT2D eigenvalue weighted by atomic mass is 10.2. The van der Waals surface area contributed by atoms with Gasteiger partial charge in [-0.2, -0.15) is 0 Å². The summed E-state index contributed by atoms with van der Waals surface area (Å²) in [4.78, 5) is 0. The van der Waals surface area contributed by atoms with Crippen LogP contribution >= 0.6 is 15.9 Å². The molecule has 0 spiro atoms. The van der Waals surface area contributed by atoms with Gasteiger partial charge in [0, 0.05) is 12.1 Å². The minimum atomic E-state index is -3.20. The van der Waals surface area contributed by atoms with Crippen LogP contribution in [0.2, 0.25) is 0 Å². The zero-order valence-electron chi connectivity index (χ0n) is 8.00. The van der Waals surface area contributed by atoms with Gasteiger partial charge in [0.15, 0.2) is 0 Å². The van der Waals surface area contributed by atoms with E-state index in [1.165, 1.54) is 0 Å². The number of hydrogen-bond acceptors (Lipinski definition) is 3. The van der Waals surface area contributed by atoms with Crippen LogP contribution in [0.25, 0.3) is 0 Å². The Bertz CT molecular complexity index is 410. The average Bonchev–Trinajstić information content (AvgIpc) is 2.42. The molecule has 14 heavy (non-hydrogen) atoms. The van der Waals surface area contributed by atoms with E-state index >= 15 is 0 Å². The Balaban J connectivity index is 2.67. The first-order valence-corrected chi connectivity index (χ1v) is 6.81. The predicted octanol–water partition coefficient (Wildman–Crippen LogP) is 1.67. The molecule has 1 aromatic rings. The maximum atomic E-state index is 11.1. The molecule has 1 heterocycles. The highest BCUT2D eigenvalue weighted by Crippen LogP contribution is 2.13. The van der Waals surface area contributed by atoms with E-state index in [-0.39, 0.29) is 11.2 Å². The molecule has 1 rings (SSSR count). The summed E-state index contributed by atoms with van der Waals surface area (Å²) in [6.07, 6.45) is 0. The standard InChI is InChI=1S/C8H12BrNO3S/c1-6-3-8(7(2)13-6)4-10-14(11,12)5-9/h3,10H,4-5H2,1-2H3. The second-order valence-corrected chi connectivity index (χ2v) is 6.09. The van der Waals surface area contributed by atoms with Crippen LogP contribution < -0.4 is 4.72 Å². The number of halogens is 1. The van der Waals surface area contributed by atoms with E-state index in [0.29, 0.717) is 0 Å². The molecule has 0 saturated heterocycles. The second-order valence-electron chi connectivity index (χ2n) is 2.98. The van der Waals surface area contributed by atoms with Gasteiger partial charge in [0.25, 0.3) is 0 Å². The summed E-state index contributed by atoms with van der Waals surface area (Å²) in [5, 5.41) is 0. The van der Waals surface area contributed by atoms with Crippen LogP contribution in [-0.4, -0.2) is 13.1 Å². The van der Waals surface area contributed by atoms with Gasteiger partial charge in [0.05, 0.1) is 0 Å². The molecule has 0 radical (unpaired) electrons. The Kier molecular flexibility index (Phi) is 3.74. The number of rotatable bonds is 4. The molecule has 0 aliphatic rings. The summed E-state index contributed by atoms with van der Waals surface area (Å²) in [7, 11) is -3.20. The first kappa shape index (κ1) is 11.7. The molecule has 6 heteroatoms. The summed E-state index contributed by atoms with van der Waals surface area (Å²) in [6.45, 7) is 3.91. The minimum Gasteiger partial charge on any atom is -0.466 e. The van der Waals surface area contributed by atoms with E-state index in [9.17, 15) is 8.42 Å². The largest absolute Gasteiger partial charge is 0.466 e. The lowest BCUT2D eigenvalue weighted by Gasteiger charge is -2.01. The van der Waals surface area contributed by atoms with Crippen molar-refractivity contribution in [1.29, 1.82) is 0 Å². The van der Waals surface area contributed by atoms with Gasteiger partial charge in [-0.15, -0.1) is 0 Å². The van der Waals surface area contributed by atoms with E-state index in [0.717, 1.165) is 17.1 Å². The third-order valence-electron chi connectivity index (χ3n) is 1.77. The van der Waals surface area contributed by atoms with Crippen LogP contribution in [0.15, 0.2) is 10.5 Å². The number of nitrogens with one attached hydrogen (secondary N) is 1. The molecular weight excluding hydrogens is 270 g/mol. The van der Waals surface area contributed by atoms with Gasteiger partial charge in [-0.25, -0.2) is 13.1 Å². The smallest absolute Gasteiger partial charge is 0.221 e. The highest BCUT2D eigenvalue weighted by Gasteiger charge is 2.10. The second kappa shape index (κ2) is 4.46. The number of furan rings is 1. The highest BCUT2D eigenvalue weighted by molar-refractivity contribution is 9.10. The van der Waals surface area contributed by atoms with Crippen molar-refractivity contribution in [2.24, 2.45) is 0 Å². The average molecular weight is 282 g/mol. The monoisotopic (exact) mass is 281 g/mol. The van der Waals surface area contributed by atoms with Gasteiger partial charge in [-0.05, 0) is 19.9 Å². The van der Waals surface area contributed by atoms with Crippen molar-refractivity contribution in [3.05, 3.63) is 23.2 Å². The Morgan fingerprint density at radius 3 is 2.57 bits per heavy atom. The molecule has 0 bridgehead atoms. The van der Waals surface area contributed by atoms with Crippen LogP contribution in [0.3, 0.4) is 0 Å². The number of hydrogen-bond donors (Lipinski definition) is 1. The topological polar surface area (TPSA) is 59.3 Å². The van der Waals surface area contributed by atoms with Crippen molar-refractivity contribution in [3.63, 3.8) is 0 Å². The molecule has 0 aliphatic carbocycles. The fourth-order valence-corrected chi connectivity index (χ4v) is 2.02. The lowest BCUT2D eigenvalue weighted by molar-refractivity contribution is 0.500. The molecule has 0 unspecified atom stereocenters. The van der Waals surface area contributed by atoms with Crippen molar-refractivity contribution in [3.8, 4) is 0 Å². The maximum absolute atomic E-state index is 11.1. The van der Waals surface area contributed by atoms with Crippen LogP contribution in [0, 0.1) is 13.8 Å². The molecule has 80 valence electrons. The summed E-state index contributed by atoms with van der Waals surface area (Å²) >= 11 is 2.89. The molecular formula is C8H12BrNO3S. The van der Waals surface area contributed by atoms with E-state index < -0.39 is 10.0 Å². The molecule has 0 amide bonds. The predicted molar refractivity (Wildman–Crippen MR) is 57.7 cm³/mol. The minimum absolute atomic E-state index is 0.0874. The maximum Gasteiger partial charge on any atom is 0.221 e. The zero-order valence-corrected chi connectivity index (χ0v) is 10.4. The van der Waals surface area contributed by atoms with Gasteiger partial charge in [0.2, 0.25) is 10.0 Å². The summed E-state index contributed by atoms with van der Waals surface area (Å²) < 4.78 is 29.8. The zero-order chi connectivity index (χ0) is 10.8. The third kappa shape index (κ3) is 3.11. The van der Waals surface area contributed by atoms with Gasteiger partial charge in [-0.1, -0.05) is 15.9 Å². The van der Waals surface area contributed by atoms with Crippen LogP contribution in [-0.2, 0) is 16.6 Å². The highest BCUT2D eigenvalue weighted by atomic mass is 79.9. The summed E-state index contributed by atoms with van der Waals surface area (Å²) in [5.41, 5.74) is 0.868. The summed E-state index contributed by atoms with van der Waals surface area (Å²) in [6, 6.07) is 1.83. The van der Waals surface area contributed by atoms with Crippen molar-refractivity contribution in [2.75, 3.05) is 4.66 Å². The first-order valence-electron chi connectivity index (χ1n) is 4.04. The van der Waals surface area contributed by atoms with Crippen molar-refractivity contribution < 1.29 is 12.8 Å². The number of alkyl halides is 1. The van der Waals surface area contributed by atoms with E-state index in [2.05, 4.69) is 20.7 Å². The lowest BCUT2D eigenvalue weighted by Crippen LogP contribution is -2.23. The molecule has 0 atom stereocenters. The summed E-state index contributed by atoms with van der Waals surface area (Å²) in [5.74, 6) is 1.54. The Morgan fingerprint density at radius 2 is 2.14 bits per heavy atom. The van der Waals surface area contributed by atoms with Gasteiger partial charge >= 0.3 is 0 Å². The molecule has 0 fully saturated rings. The van der Waals surface area contributed by atoms with Crippen molar-refractivity contribution >= 4 is 26.0 Å². The quantitative estimate of drug-likeness (QED) is 0.854. The van der Waals surface area contributed by atoms with Gasteiger partial charge < -0.3 is 4.42 Å². The number of sulfonamides is 1. The molecule has 0 saturated carbocycles. The molecule has 0 aliphatic heterocycles. The number of aryl methyl sites for hydroxylation is 2. The fourth-order valence-electron chi connectivity index (χ4n) is 1.09. The first-order chi connectivity index (χ1) is 6.44. The van der Waals surface area contributed by atoms with E-state index in [4.69, 9.17) is 4.42 Å². The van der Waals surface area contributed by atoms with Crippen molar-refractivity contribution in [1.82, 2.24) is 4.72 Å². The Hall–Kier alpha value is -0.330. The molecule has 4 nitrogen and oxygen atoms in total. The third-order valence-corrected chi connectivity index (χ3v) is 4.45. The SMILES string of the molecule is Cc1cc(CNS(=O)(=O)CBr)c(C)o1. The van der Waals surface area contributed by atoms with Crippen LogP contribution in [0.5, 0.6) is 0 Å². The normalized spacial score (nSPS) is 11.9. The van der Waals surface area contributed by atoms with E-state index in [1.807, 2.05) is 19.9 Å². The van der Waals surface area contributed by atoms with E-state index in [1.54, 1.807) is 0 Å². The fraction of sp³-hybridized carbons (Fsp3) is 0.500. The van der Waals surface area contributed by atoms with Crippen LogP contribution in [0.4, 0.5) is 0 Å². The van der Waals surface area contributed by atoms with Crippen molar-refractivity contribution in [2.45, 2.75) is 20.4 Å². The van der Waals surface area contributed by atoms with Crippen LogP contribution in [0.1, 0.15) is 17.1 Å². The molecule has 0 aromatic carbocycles. The molecule has 1 N–H and O–H groups in total. The Morgan fingerprint density at radius 1 is 1.50 bits per heavy atom. The Labute approximate surface area is 91.9 Å².